The van der Waals surface area contributed by atoms with Crippen molar-refractivity contribution in [2.24, 2.45) is 10.7 Å². The molecule has 10 heteroatoms. The van der Waals surface area contributed by atoms with Crippen LogP contribution >= 0.6 is 35.3 Å². The molecule has 4 heterocycles. The third-order valence-electron chi connectivity index (χ3n) is 4.13. The van der Waals surface area contributed by atoms with Crippen LogP contribution in [0.3, 0.4) is 0 Å². The maximum absolute atomic E-state index is 6.17. The van der Waals surface area contributed by atoms with Gasteiger partial charge in [-0.3, -0.25) is 0 Å². The lowest BCUT2D eigenvalue weighted by Gasteiger charge is -2.35. The maximum atomic E-state index is 6.17. The Morgan fingerprint density at radius 2 is 1.96 bits per heavy atom. The summed E-state index contributed by atoms with van der Waals surface area (Å²) in [7, 11) is 0. The summed E-state index contributed by atoms with van der Waals surface area (Å²) < 4.78 is 5.36. The molecule has 8 nitrogen and oxygen atoms in total. The van der Waals surface area contributed by atoms with Gasteiger partial charge in [-0.2, -0.15) is 0 Å². The number of rotatable bonds is 4. The van der Waals surface area contributed by atoms with Crippen molar-refractivity contribution in [3.63, 3.8) is 0 Å². The van der Waals surface area contributed by atoms with E-state index in [1.807, 2.05) is 23.6 Å². The third-order valence-corrected chi connectivity index (χ3v) is 5.03. The second-order valence-corrected chi connectivity index (χ2v) is 6.68. The van der Waals surface area contributed by atoms with Crippen LogP contribution in [0.2, 0.25) is 0 Å². The molecule has 1 aliphatic rings. The predicted octanol–water partition coefficient (Wildman–Crippen LogP) is 2.45. The van der Waals surface area contributed by atoms with Gasteiger partial charge in [-0.15, -0.1) is 35.3 Å². The predicted molar refractivity (Wildman–Crippen MR) is 116 cm³/mol. The summed E-state index contributed by atoms with van der Waals surface area (Å²) >= 11 is 1.54. The number of aromatic nitrogens is 3. The van der Waals surface area contributed by atoms with E-state index >= 15 is 0 Å². The Bertz CT molecular complexity index is 861. The standard InChI is InChI=1S/C17H19N7OS.HI/c18-16(21-11-13-12-26-15(22-13)14-3-1-10-25-14)23-6-8-24(9-7-23)17-19-4-2-5-20-17;/h1-5,10,12H,6-9,11H2,(H2,18,21);1H. The van der Waals surface area contributed by atoms with Crippen LogP contribution in [-0.2, 0) is 6.54 Å². The van der Waals surface area contributed by atoms with Crippen LogP contribution in [0.1, 0.15) is 5.69 Å². The van der Waals surface area contributed by atoms with Gasteiger partial charge in [0.2, 0.25) is 5.95 Å². The average Bonchev–Trinajstić information content (AvgIpc) is 3.38. The Labute approximate surface area is 178 Å². The first-order valence-electron chi connectivity index (χ1n) is 8.35. The van der Waals surface area contributed by atoms with Crippen molar-refractivity contribution in [1.82, 2.24) is 19.9 Å². The quantitative estimate of drug-likeness (QED) is 0.336. The Hall–Kier alpha value is -2.21. The molecule has 3 aromatic rings. The zero-order chi connectivity index (χ0) is 17.8. The molecule has 0 amide bonds. The number of aliphatic imine (C=N–C) groups is 1. The molecule has 0 unspecified atom stereocenters. The van der Waals surface area contributed by atoms with Crippen LogP contribution in [0.15, 0.2) is 51.6 Å². The van der Waals surface area contributed by atoms with Gasteiger partial charge in [-0.25, -0.2) is 19.9 Å². The van der Waals surface area contributed by atoms with Gasteiger partial charge in [0.05, 0.1) is 18.5 Å². The molecule has 2 N–H and O–H groups in total. The smallest absolute Gasteiger partial charge is 0.225 e. The van der Waals surface area contributed by atoms with Crippen LogP contribution in [0.5, 0.6) is 0 Å². The fourth-order valence-corrected chi connectivity index (χ4v) is 3.52. The highest BCUT2D eigenvalue weighted by Gasteiger charge is 2.20. The van der Waals surface area contributed by atoms with Gasteiger partial charge in [0.15, 0.2) is 16.7 Å². The van der Waals surface area contributed by atoms with Gasteiger partial charge in [0, 0.05) is 44.0 Å². The van der Waals surface area contributed by atoms with Crippen molar-refractivity contribution in [2.75, 3.05) is 31.1 Å². The zero-order valence-electron chi connectivity index (χ0n) is 14.6. The highest BCUT2D eigenvalue weighted by atomic mass is 127. The average molecular weight is 497 g/mol. The molecule has 0 radical (unpaired) electrons. The number of guanidine groups is 1. The summed E-state index contributed by atoms with van der Waals surface area (Å²) in [6, 6.07) is 5.57. The molecule has 0 saturated carbocycles. The van der Waals surface area contributed by atoms with E-state index in [0.29, 0.717) is 12.5 Å². The Kier molecular flexibility index (Phi) is 6.61. The van der Waals surface area contributed by atoms with E-state index in [2.05, 4.69) is 29.7 Å². The Morgan fingerprint density at radius 3 is 2.67 bits per heavy atom. The fourth-order valence-electron chi connectivity index (χ4n) is 2.75. The summed E-state index contributed by atoms with van der Waals surface area (Å²) in [4.78, 5) is 21.9. The molecule has 1 fully saturated rings. The topological polar surface area (TPSA) is 96.7 Å². The van der Waals surface area contributed by atoms with Gasteiger partial charge in [0.1, 0.15) is 0 Å². The first-order chi connectivity index (χ1) is 12.8. The van der Waals surface area contributed by atoms with E-state index in [1.165, 1.54) is 0 Å². The van der Waals surface area contributed by atoms with Crippen molar-refractivity contribution in [1.29, 1.82) is 0 Å². The summed E-state index contributed by atoms with van der Waals surface area (Å²) in [6.45, 7) is 3.69. The number of furan rings is 1. The molecule has 27 heavy (non-hydrogen) atoms. The number of hydrogen-bond acceptors (Lipinski definition) is 7. The number of halogens is 1. The minimum absolute atomic E-state index is 0. The number of nitrogens with zero attached hydrogens (tertiary/aromatic N) is 6. The number of anilines is 1. The lowest BCUT2D eigenvalue weighted by molar-refractivity contribution is 0.378. The van der Waals surface area contributed by atoms with Crippen LogP contribution in [0.25, 0.3) is 10.8 Å². The third kappa shape index (κ3) is 4.75. The second kappa shape index (κ2) is 9.13. The molecule has 0 aliphatic carbocycles. The van der Waals surface area contributed by atoms with E-state index in [0.717, 1.165) is 48.6 Å². The Balaban J connectivity index is 0.00000210. The molecule has 4 rings (SSSR count). The van der Waals surface area contributed by atoms with Gasteiger partial charge in [-0.05, 0) is 18.2 Å². The van der Waals surface area contributed by atoms with Crippen LogP contribution < -0.4 is 10.6 Å². The van der Waals surface area contributed by atoms with Crippen LogP contribution in [0, 0.1) is 0 Å². The van der Waals surface area contributed by atoms with Crippen molar-refractivity contribution < 1.29 is 4.42 Å². The van der Waals surface area contributed by atoms with E-state index in [9.17, 15) is 0 Å². The second-order valence-electron chi connectivity index (χ2n) is 5.82. The van der Waals surface area contributed by atoms with E-state index < -0.39 is 0 Å². The van der Waals surface area contributed by atoms with Gasteiger partial charge in [0.25, 0.3) is 0 Å². The largest absolute Gasteiger partial charge is 0.462 e. The zero-order valence-corrected chi connectivity index (χ0v) is 17.7. The monoisotopic (exact) mass is 497 g/mol. The van der Waals surface area contributed by atoms with Gasteiger partial charge >= 0.3 is 0 Å². The number of piperazine rings is 1. The SMILES string of the molecule is I.NC(=NCc1csc(-c2ccco2)n1)N1CCN(c2ncccn2)CC1. The lowest BCUT2D eigenvalue weighted by Crippen LogP contribution is -2.51. The van der Waals surface area contributed by atoms with Crippen LogP contribution in [0.4, 0.5) is 5.95 Å². The van der Waals surface area contributed by atoms with Crippen molar-refractivity contribution >= 4 is 47.2 Å². The highest BCUT2D eigenvalue weighted by Crippen LogP contribution is 2.24. The molecule has 0 atom stereocenters. The van der Waals surface area contributed by atoms with Crippen LogP contribution in [-0.4, -0.2) is 52.0 Å². The van der Waals surface area contributed by atoms with Crippen molar-refractivity contribution in [2.45, 2.75) is 6.54 Å². The molecule has 0 spiro atoms. The van der Waals surface area contributed by atoms with Crippen molar-refractivity contribution in [3.8, 4) is 10.8 Å². The molecule has 0 bridgehead atoms. The number of hydrogen-bond donors (Lipinski definition) is 1. The molecule has 142 valence electrons. The molecular formula is C17H20IN7OS. The van der Waals surface area contributed by atoms with E-state index in [1.54, 1.807) is 30.0 Å². The molecule has 1 saturated heterocycles. The van der Waals surface area contributed by atoms with Gasteiger partial charge in [-0.1, -0.05) is 0 Å². The summed E-state index contributed by atoms with van der Waals surface area (Å²) in [6.07, 6.45) is 5.16. The fraction of sp³-hybridized carbons (Fsp3) is 0.294. The maximum Gasteiger partial charge on any atom is 0.225 e. The molecule has 0 aromatic carbocycles. The summed E-state index contributed by atoms with van der Waals surface area (Å²) in [5.41, 5.74) is 7.05. The minimum Gasteiger partial charge on any atom is -0.462 e. The highest BCUT2D eigenvalue weighted by molar-refractivity contribution is 14.0. The van der Waals surface area contributed by atoms with E-state index in [4.69, 9.17) is 10.2 Å². The lowest BCUT2D eigenvalue weighted by atomic mass is 10.3. The molecular weight excluding hydrogens is 477 g/mol. The molecule has 3 aromatic heterocycles. The molecule has 1 aliphatic heterocycles. The first-order valence-corrected chi connectivity index (χ1v) is 9.23. The van der Waals surface area contributed by atoms with Crippen molar-refractivity contribution in [3.05, 3.63) is 47.9 Å². The summed E-state index contributed by atoms with van der Waals surface area (Å²) in [5.74, 6) is 2.08. The first kappa shape index (κ1) is 19.5. The van der Waals surface area contributed by atoms with Gasteiger partial charge < -0.3 is 20.0 Å². The number of thiazole rings is 1. The normalized spacial score (nSPS) is 14.9. The number of nitrogens with two attached hydrogens (primary N) is 1. The van der Waals surface area contributed by atoms with E-state index in [-0.39, 0.29) is 24.0 Å². The Morgan fingerprint density at radius 1 is 1.19 bits per heavy atom. The minimum atomic E-state index is 0. The summed E-state index contributed by atoms with van der Waals surface area (Å²) in [5, 5.41) is 2.84.